The van der Waals surface area contributed by atoms with Crippen molar-refractivity contribution in [2.75, 3.05) is 23.7 Å². The lowest BCUT2D eigenvalue weighted by Gasteiger charge is -2.35. The molecule has 1 saturated carbocycles. The van der Waals surface area contributed by atoms with Crippen LogP contribution in [0.4, 0.5) is 11.6 Å². The molecule has 34 heavy (non-hydrogen) atoms. The summed E-state index contributed by atoms with van der Waals surface area (Å²) in [5.74, 6) is 1.54. The van der Waals surface area contributed by atoms with Crippen molar-refractivity contribution in [3.63, 3.8) is 0 Å². The molecule has 0 atom stereocenters. The smallest absolute Gasteiger partial charge is 0.228 e. The third-order valence-electron chi connectivity index (χ3n) is 7.09. The van der Waals surface area contributed by atoms with Crippen LogP contribution in [0.2, 0.25) is 0 Å². The normalized spacial score (nSPS) is 18.0. The summed E-state index contributed by atoms with van der Waals surface area (Å²) in [6.07, 6.45) is 13.5. The van der Waals surface area contributed by atoms with Gasteiger partial charge in [-0.1, -0.05) is 12.8 Å². The van der Waals surface area contributed by atoms with Gasteiger partial charge in [0.2, 0.25) is 5.91 Å². The number of nitrogens with one attached hydrogen (secondary N) is 2. The van der Waals surface area contributed by atoms with Crippen molar-refractivity contribution in [3.05, 3.63) is 36.9 Å². The van der Waals surface area contributed by atoms with Crippen molar-refractivity contribution < 1.29 is 4.79 Å². The molecule has 1 aliphatic heterocycles. The van der Waals surface area contributed by atoms with Crippen molar-refractivity contribution in [2.45, 2.75) is 64.5 Å². The second-order valence-electron chi connectivity index (χ2n) is 9.79. The molecule has 0 bridgehead atoms. The number of piperidine rings is 1. The zero-order valence-electron chi connectivity index (χ0n) is 20.0. The van der Waals surface area contributed by atoms with E-state index < -0.39 is 0 Å². The van der Waals surface area contributed by atoms with Crippen molar-refractivity contribution in [1.29, 1.82) is 0 Å². The van der Waals surface area contributed by atoms with Crippen LogP contribution in [0.3, 0.4) is 0 Å². The highest BCUT2D eigenvalue weighted by atomic mass is 16.1. The number of hydrogen-bond donors (Lipinski definition) is 2. The molecule has 0 spiro atoms. The molecular weight excluding hydrogens is 426 g/mol. The summed E-state index contributed by atoms with van der Waals surface area (Å²) in [7, 11) is 0. The molecule has 8 nitrogen and oxygen atoms in total. The fraction of sp³-hybridized carbons (Fsp3) is 0.500. The number of hydrogen-bond acceptors (Lipinski definition) is 7. The molecule has 1 saturated heterocycles. The minimum atomic E-state index is 0.0718. The van der Waals surface area contributed by atoms with Crippen LogP contribution >= 0.6 is 0 Å². The average molecular weight is 460 g/mol. The van der Waals surface area contributed by atoms with Crippen LogP contribution in [0.1, 0.15) is 52.4 Å². The van der Waals surface area contributed by atoms with Crippen LogP contribution < -0.4 is 10.6 Å². The number of amides is 1. The van der Waals surface area contributed by atoms with Crippen molar-refractivity contribution >= 4 is 28.3 Å². The topological polar surface area (TPSA) is 95.9 Å². The van der Waals surface area contributed by atoms with Gasteiger partial charge < -0.3 is 15.5 Å². The summed E-state index contributed by atoms with van der Waals surface area (Å²) in [5.41, 5.74) is 1.47. The number of nitrogens with zero attached hydrogens (tertiary/aromatic N) is 5. The minimum absolute atomic E-state index is 0.0718. The van der Waals surface area contributed by atoms with E-state index in [0.717, 1.165) is 79.6 Å². The summed E-state index contributed by atoms with van der Waals surface area (Å²) in [6, 6.07) is 4.89. The minimum Gasteiger partial charge on any atom is -0.366 e. The molecule has 3 aromatic heterocycles. The average Bonchev–Trinajstić information content (AvgIpc) is 3.39. The molecule has 2 fully saturated rings. The van der Waals surface area contributed by atoms with Crippen LogP contribution in [0.25, 0.3) is 22.2 Å². The maximum absolute atomic E-state index is 12.5. The van der Waals surface area contributed by atoms with Gasteiger partial charge in [0.25, 0.3) is 0 Å². The Labute approximate surface area is 200 Å². The molecule has 8 heteroatoms. The highest BCUT2D eigenvalue weighted by Gasteiger charge is 2.23. The van der Waals surface area contributed by atoms with Crippen molar-refractivity contribution in [2.24, 2.45) is 5.92 Å². The highest BCUT2D eigenvalue weighted by Crippen LogP contribution is 2.27. The van der Waals surface area contributed by atoms with Crippen LogP contribution in [0.15, 0.2) is 36.9 Å². The van der Waals surface area contributed by atoms with Gasteiger partial charge in [0.1, 0.15) is 17.3 Å². The van der Waals surface area contributed by atoms with Gasteiger partial charge in [-0.15, -0.1) is 0 Å². The second-order valence-corrected chi connectivity index (χ2v) is 9.79. The van der Waals surface area contributed by atoms with Crippen LogP contribution in [-0.2, 0) is 4.79 Å². The predicted molar refractivity (Wildman–Crippen MR) is 135 cm³/mol. The van der Waals surface area contributed by atoms with E-state index in [4.69, 9.17) is 4.98 Å². The fourth-order valence-electron chi connectivity index (χ4n) is 4.99. The van der Waals surface area contributed by atoms with Gasteiger partial charge in [-0.2, -0.15) is 0 Å². The number of anilines is 2. The van der Waals surface area contributed by atoms with Gasteiger partial charge in [0.15, 0.2) is 0 Å². The van der Waals surface area contributed by atoms with Crippen LogP contribution in [-0.4, -0.2) is 55.9 Å². The Morgan fingerprint density at radius 1 is 0.912 bits per heavy atom. The maximum atomic E-state index is 12.5. The monoisotopic (exact) mass is 459 g/mol. The van der Waals surface area contributed by atoms with Gasteiger partial charge in [-0.3, -0.25) is 14.8 Å². The molecule has 0 unspecified atom stereocenters. The molecule has 1 amide bonds. The molecule has 0 aromatic carbocycles. The lowest BCUT2D eigenvalue weighted by atomic mass is 10.0. The third-order valence-corrected chi connectivity index (χ3v) is 7.09. The van der Waals surface area contributed by atoms with E-state index in [1.165, 1.54) is 0 Å². The lowest BCUT2D eigenvalue weighted by molar-refractivity contribution is -0.119. The molecule has 1 aliphatic carbocycles. The van der Waals surface area contributed by atoms with Gasteiger partial charge in [-0.25, -0.2) is 9.97 Å². The molecule has 3 aromatic rings. The maximum Gasteiger partial charge on any atom is 0.228 e. The van der Waals surface area contributed by atoms with E-state index in [2.05, 4.69) is 44.3 Å². The molecule has 0 radical (unpaired) electrons. The van der Waals surface area contributed by atoms with Gasteiger partial charge in [-0.05, 0) is 57.0 Å². The highest BCUT2D eigenvalue weighted by molar-refractivity contribution is 5.94. The van der Waals surface area contributed by atoms with E-state index in [1.54, 1.807) is 24.8 Å². The molecule has 4 heterocycles. The summed E-state index contributed by atoms with van der Waals surface area (Å²) in [4.78, 5) is 33.2. The summed E-state index contributed by atoms with van der Waals surface area (Å²) in [6.45, 7) is 6.70. The molecule has 178 valence electrons. The number of rotatable bonds is 6. The molecule has 2 aliphatic rings. The number of carbonyl (C=O) groups excluding carboxylic acids is 1. The van der Waals surface area contributed by atoms with Gasteiger partial charge in [0.05, 0.1) is 18.1 Å². The van der Waals surface area contributed by atoms with Gasteiger partial charge >= 0.3 is 0 Å². The Bertz CT molecular complexity index is 1150. The number of fused-ring (bicyclic) bond motifs is 1. The quantitative estimate of drug-likeness (QED) is 0.560. The van der Waals surface area contributed by atoms with Crippen LogP contribution in [0.5, 0.6) is 0 Å². The number of likely N-dealkylation sites (tertiary alicyclic amines) is 1. The summed E-state index contributed by atoms with van der Waals surface area (Å²) >= 11 is 0. The van der Waals surface area contributed by atoms with Crippen molar-refractivity contribution in [1.82, 2.24) is 24.8 Å². The van der Waals surface area contributed by atoms with Crippen molar-refractivity contribution in [3.8, 4) is 11.4 Å². The SMILES string of the molecule is CC(C)N1CCC(Nc2cncc(-c3cc4cc(NC(=O)C5CCCC5)ncc4cn3)n2)CC1. The first-order valence-electron chi connectivity index (χ1n) is 12.4. The predicted octanol–water partition coefficient (Wildman–Crippen LogP) is 4.50. The van der Waals surface area contributed by atoms with E-state index in [0.29, 0.717) is 17.9 Å². The Morgan fingerprint density at radius 3 is 2.44 bits per heavy atom. The second kappa shape index (κ2) is 10.0. The van der Waals surface area contributed by atoms with E-state index in [9.17, 15) is 4.79 Å². The molecular formula is C26H33N7O. The first-order valence-corrected chi connectivity index (χ1v) is 12.4. The molecule has 5 rings (SSSR count). The van der Waals surface area contributed by atoms with E-state index in [1.807, 2.05) is 12.1 Å². The standard InChI is InChI=1S/C26H33N7O/c1-17(2)33-9-7-21(8-10-33)30-25-16-27-15-23(31-25)22-11-19-12-24(29-14-20(19)13-28-22)32-26(34)18-5-3-4-6-18/h11-18,21H,3-10H2,1-2H3,(H,30,31)(H,29,32,34). The summed E-state index contributed by atoms with van der Waals surface area (Å²) < 4.78 is 0. The third kappa shape index (κ3) is 5.17. The fourth-order valence-corrected chi connectivity index (χ4v) is 4.99. The number of carbonyl (C=O) groups is 1. The number of aromatic nitrogens is 4. The first kappa shape index (κ1) is 22.7. The van der Waals surface area contributed by atoms with E-state index in [-0.39, 0.29) is 11.8 Å². The van der Waals surface area contributed by atoms with Gasteiger partial charge in [0, 0.05) is 48.9 Å². The number of pyridine rings is 2. The molecule has 2 N–H and O–H groups in total. The Kier molecular flexibility index (Phi) is 6.67. The zero-order valence-corrected chi connectivity index (χ0v) is 20.0. The van der Waals surface area contributed by atoms with E-state index >= 15 is 0 Å². The largest absolute Gasteiger partial charge is 0.366 e. The lowest BCUT2D eigenvalue weighted by Crippen LogP contribution is -2.42. The zero-order chi connectivity index (χ0) is 23.5. The Morgan fingerprint density at radius 2 is 1.68 bits per heavy atom. The Hall–Kier alpha value is -3.13. The van der Waals surface area contributed by atoms with Crippen LogP contribution in [0, 0.1) is 5.92 Å². The summed E-state index contributed by atoms with van der Waals surface area (Å²) in [5, 5.41) is 8.43. The first-order chi connectivity index (χ1) is 16.5. The Balaban J connectivity index is 1.30.